The van der Waals surface area contributed by atoms with E-state index in [2.05, 4.69) is 5.16 Å². The van der Waals surface area contributed by atoms with Crippen LogP contribution in [0, 0.1) is 0 Å². The van der Waals surface area contributed by atoms with E-state index in [-0.39, 0.29) is 5.91 Å². The van der Waals surface area contributed by atoms with Gasteiger partial charge in [-0.15, -0.1) is 0 Å². The third-order valence-electron chi connectivity index (χ3n) is 2.47. The molecule has 1 aliphatic rings. The van der Waals surface area contributed by atoms with Crippen LogP contribution in [0.5, 0.6) is 0 Å². The maximum atomic E-state index is 11.7. The maximum absolute atomic E-state index is 11.7. The predicted molar refractivity (Wildman–Crippen MR) is 51.1 cm³/mol. The van der Waals surface area contributed by atoms with Crippen molar-refractivity contribution in [3.05, 3.63) is 17.5 Å². The first-order chi connectivity index (χ1) is 6.68. The van der Waals surface area contributed by atoms with Gasteiger partial charge in [0.1, 0.15) is 0 Å². The first-order valence-corrected chi connectivity index (χ1v) is 4.94. The van der Waals surface area contributed by atoms with Gasteiger partial charge in [-0.2, -0.15) is 0 Å². The standard InChI is InChI=1S/C10H14N2O2/c1-7(2)8-6-9(14-11-8)10(13)12-4-3-5-12/h6-7H,3-5H2,1-2H3. The van der Waals surface area contributed by atoms with Gasteiger partial charge in [0.05, 0.1) is 5.69 Å². The normalized spacial score (nSPS) is 15.8. The Morgan fingerprint density at radius 3 is 2.71 bits per heavy atom. The van der Waals surface area contributed by atoms with E-state index in [4.69, 9.17) is 4.52 Å². The summed E-state index contributed by atoms with van der Waals surface area (Å²) in [7, 11) is 0. The fourth-order valence-corrected chi connectivity index (χ4v) is 1.34. The van der Waals surface area contributed by atoms with Crippen LogP contribution in [-0.4, -0.2) is 29.1 Å². The molecule has 1 aliphatic heterocycles. The highest BCUT2D eigenvalue weighted by Crippen LogP contribution is 2.17. The lowest BCUT2D eigenvalue weighted by Gasteiger charge is -2.29. The minimum Gasteiger partial charge on any atom is -0.351 e. The van der Waals surface area contributed by atoms with Crippen LogP contribution < -0.4 is 0 Å². The topological polar surface area (TPSA) is 46.3 Å². The first kappa shape index (κ1) is 9.24. The Bertz CT molecular complexity index is 340. The summed E-state index contributed by atoms with van der Waals surface area (Å²) in [6.07, 6.45) is 1.09. The first-order valence-electron chi connectivity index (χ1n) is 4.94. The predicted octanol–water partition coefficient (Wildman–Crippen LogP) is 1.64. The van der Waals surface area contributed by atoms with Crippen LogP contribution in [0.1, 0.15) is 42.4 Å². The van der Waals surface area contributed by atoms with Gasteiger partial charge in [0.25, 0.3) is 5.91 Å². The molecule has 0 aromatic carbocycles. The molecule has 0 N–H and O–H groups in total. The van der Waals surface area contributed by atoms with Gasteiger partial charge < -0.3 is 9.42 Å². The lowest BCUT2D eigenvalue weighted by molar-refractivity contribution is 0.0609. The van der Waals surface area contributed by atoms with E-state index in [9.17, 15) is 4.79 Å². The highest BCUT2D eigenvalue weighted by atomic mass is 16.5. The van der Waals surface area contributed by atoms with Crippen molar-refractivity contribution in [2.24, 2.45) is 0 Å². The molecule has 0 aliphatic carbocycles. The molecule has 1 aromatic rings. The number of rotatable bonds is 2. The van der Waals surface area contributed by atoms with Gasteiger partial charge in [0, 0.05) is 19.2 Å². The van der Waals surface area contributed by atoms with Crippen LogP contribution in [0.25, 0.3) is 0 Å². The average Bonchev–Trinajstić information content (AvgIpc) is 2.48. The van der Waals surface area contributed by atoms with Crippen LogP contribution >= 0.6 is 0 Å². The van der Waals surface area contributed by atoms with Crippen LogP contribution in [0.3, 0.4) is 0 Å². The third-order valence-corrected chi connectivity index (χ3v) is 2.47. The van der Waals surface area contributed by atoms with Crippen LogP contribution in [-0.2, 0) is 0 Å². The van der Waals surface area contributed by atoms with Crippen molar-refractivity contribution in [1.29, 1.82) is 0 Å². The zero-order valence-corrected chi connectivity index (χ0v) is 8.49. The molecule has 0 saturated carbocycles. The highest BCUT2D eigenvalue weighted by molar-refractivity contribution is 5.91. The smallest absolute Gasteiger partial charge is 0.292 e. The number of hydrogen-bond acceptors (Lipinski definition) is 3. The van der Waals surface area contributed by atoms with Crippen LogP contribution in [0.2, 0.25) is 0 Å². The average molecular weight is 194 g/mol. The molecule has 1 fully saturated rings. The van der Waals surface area contributed by atoms with Crippen molar-refractivity contribution in [3.8, 4) is 0 Å². The summed E-state index contributed by atoms with van der Waals surface area (Å²) in [6, 6.07) is 1.74. The quantitative estimate of drug-likeness (QED) is 0.719. The van der Waals surface area contributed by atoms with E-state index in [1.807, 2.05) is 13.8 Å². The minimum absolute atomic E-state index is 0.0318. The van der Waals surface area contributed by atoms with Crippen molar-refractivity contribution < 1.29 is 9.32 Å². The Kier molecular flexibility index (Phi) is 2.27. The number of carbonyl (C=O) groups is 1. The molecule has 2 rings (SSSR count). The Balaban J connectivity index is 2.11. The monoisotopic (exact) mass is 194 g/mol. The van der Waals surface area contributed by atoms with E-state index in [1.54, 1.807) is 11.0 Å². The number of hydrogen-bond donors (Lipinski definition) is 0. The number of nitrogens with zero attached hydrogens (tertiary/aromatic N) is 2. The molecule has 0 unspecified atom stereocenters. The molecule has 1 saturated heterocycles. The van der Waals surface area contributed by atoms with Gasteiger partial charge in [-0.25, -0.2) is 0 Å². The van der Waals surface area contributed by atoms with Crippen molar-refractivity contribution in [3.63, 3.8) is 0 Å². The van der Waals surface area contributed by atoms with Gasteiger partial charge in [0.15, 0.2) is 0 Å². The molecular formula is C10H14N2O2. The van der Waals surface area contributed by atoms with E-state index in [0.29, 0.717) is 11.7 Å². The fraction of sp³-hybridized carbons (Fsp3) is 0.600. The lowest BCUT2D eigenvalue weighted by atomic mass is 10.1. The lowest BCUT2D eigenvalue weighted by Crippen LogP contribution is -2.41. The molecule has 0 spiro atoms. The van der Waals surface area contributed by atoms with Crippen molar-refractivity contribution >= 4 is 5.91 Å². The third kappa shape index (κ3) is 1.52. The summed E-state index contributed by atoms with van der Waals surface area (Å²) < 4.78 is 5.00. The molecule has 0 radical (unpaired) electrons. The zero-order chi connectivity index (χ0) is 10.1. The number of aromatic nitrogens is 1. The maximum Gasteiger partial charge on any atom is 0.292 e. The number of amides is 1. The molecule has 2 heterocycles. The molecule has 1 amide bonds. The van der Waals surface area contributed by atoms with E-state index >= 15 is 0 Å². The number of carbonyl (C=O) groups excluding carboxylic acids is 1. The minimum atomic E-state index is -0.0318. The second kappa shape index (κ2) is 3.44. The van der Waals surface area contributed by atoms with Gasteiger partial charge >= 0.3 is 0 Å². The summed E-state index contributed by atoms with van der Waals surface area (Å²) in [5.41, 5.74) is 0.842. The SMILES string of the molecule is CC(C)c1cc(C(=O)N2CCC2)on1. The fourth-order valence-electron chi connectivity index (χ4n) is 1.34. The zero-order valence-electron chi connectivity index (χ0n) is 8.49. The Morgan fingerprint density at radius 1 is 1.57 bits per heavy atom. The Morgan fingerprint density at radius 2 is 2.29 bits per heavy atom. The van der Waals surface area contributed by atoms with Gasteiger partial charge in [-0.1, -0.05) is 19.0 Å². The molecular weight excluding hydrogens is 180 g/mol. The highest BCUT2D eigenvalue weighted by Gasteiger charge is 2.25. The molecule has 0 atom stereocenters. The summed E-state index contributed by atoms with van der Waals surface area (Å²) in [4.78, 5) is 13.4. The van der Waals surface area contributed by atoms with Gasteiger partial charge in [-0.3, -0.25) is 4.79 Å². The van der Waals surface area contributed by atoms with Crippen molar-refractivity contribution in [1.82, 2.24) is 10.1 Å². The van der Waals surface area contributed by atoms with E-state index in [0.717, 1.165) is 25.2 Å². The molecule has 0 bridgehead atoms. The molecule has 4 heteroatoms. The molecule has 76 valence electrons. The Hall–Kier alpha value is -1.32. The summed E-state index contributed by atoms with van der Waals surface area (Å²) >= 11 is 0. The number of likely N-dealkylation sites (tertiary alicyclic amines) is 1. The molecule has 4 nitrogen and oxygen atoms in total. The summed E-state index contributed by atoms with van der Waals surface area (Å²) in [5.74, 6) is 0.640. The van der Waals surface area contributed by atoms with Crippen LogP contribution in [0.15, 0.2) is 10.6 Å². The molecule has 14 heavy (non-hydrogen) atoms. The summed E-state index contributed by atoms with van der Waals surface area (Å²) in [5, 5.41) is 3.86. The summed E-state index contributed by atoms with van der Waals surface area (Å²) in [6.45, 7) is 5.73. The van der Waals surface area contributed by atoms with E-state index in [1.165, 1.54) is 0 Å². The second-order valence-corrected chi connectivity index (χ2v) is 3.92. The van der Waals surface area contributed by atoms with Crippen molar-refractivity contribution in [2.75, 3.05) is 13.1 Å². The van der Waals surface area contributed by atoms with Gasteiger partial charge in [0.2, 0.25) is 5.76 Å². The van der Waals surface area contributed by atoms with Crippen LogP contribution in [0.4, 0.5) is 0 Å². The van der Waals surface area contributed by atoms with E-state index < -0.39 is 0 Å². The molecule has 1 aromatic heterocycles. The second-order valence-electron chi connectivity index (χ2n) is 3.92. The Labute approximate surface area is 82.9 Å². The largest absolute Gasteiger partial charge is 0.351 e. The van der Waals surface area contributed by atoms with Crippen molar-refractivity contribution in [2.45, 2.75) is 26.2 Å². The van der Waals surface area contributed by atoms with Gasteiger partial charge in [-0.05, 0) is 12.3 Å².